The van der Waals surface area contributed by atoms with E-state index in [1.807, 2.05) is 24.3 Å². The fraction of sp³-hybridized carbons (Fsp3) is 0.412. The van der Waals surface area contributed by atoms with Crippen LogP contribution in [0, 0.1) is 0 Å². The minimum Gasteiger partial charge on any atom is -0.496 e. The Bertz CT molecular complexity index is 588. The molecule has 0 spiro atoms. The van der Waals surface area contributed by atoms with Gasteiger partial charge in [-0.25, -0.2) is 4.79 Å². The van der Waals surface area contributed by atoms with Crippen LogP contribution in [0.5, 0.6) is 5.75 Å². The molecule has 1 atom stereocenters. The molecule has 1 fully saturated rings. The van der Waals surface area contributed by atoms with Crippen molar-refractivity contribution in [2.24, 2.45) is 5.73 Å². The molecule has 23 heavy (non-hydrogen) atoms. The van der Waals surface area contributed by atoms with E-state index in [0.717, 1.165) is 17.7 Å². The quantitative estimate of drug-likeness (QED) is 0.812. The summed E-state index contributed by atoms with van der Waals surface area (Å²) in [6.07, 6.45) is 3.11. The number of ether oxygens (including phenoxy) is 1. The lowest BCUT2D eigenvalue weighted by Crippen LogP contribution is -2.49. The van der Waals surface area contributed by atoms with Crippen LogP contribution >= 0.6 is 0 Å². The van der Waals surface area contributed by atoms with Crippen molar-refractivity contribution >= 4 is 11.9 Å². The van der Waals surface area contributed by atoms with Gasteiger partial charge in [0.15, 0.2) is 0 Å². The highest BCUT2D eigenvalue weighted by atomic mass is 16.5. The first-order valence-corrected chi connectivity index (χ1v) is 7.66. The Morgan fingerprint density at radius 2 is 2.22 bits per heavy atom. The van der Waals surface area contributed by atoms with E-state index in [9.17, 15) is 9.59 Å². The normalized spacial score (nSPS) is 16.9. The predicted molar refractivity (Wildman–Crippen MR) is 87.9 cm³/mol. The average molecular weight is 317 g/mol. The van der Waals surface area contributed by atoms with E-state index in [1.54, 1.807) is 18.1 Å². The number of urea groups is 1. The number of carbonyl (C=O) groups excluding carboxylic acids is 2. The lowest BCUT2D eigenvalue weighted by atomic mass is 10.1. The second kappa shape index (κ2) is 7.67. The van der Waals surface area contributed by atoms with Crippen LogP contribution in [0.15, 0.2) is 36.9 Å². The largest absolute Gasteiger partial charge is 0.496 e. The first kappa shape index (κ1) is 16.9. The number of rotatable bonds is 6. The molecule has 1 aliphatic rings. The molecule has 0 unspecified atom stereocenters. The van der Waals surface area contributed by atoms with Crippen molar-refractivity contribution in [3.63, 3.8) is 0 Å². The number of benzene rings is 1. The highest BCUT2D eigenvalue weighted by molar-refractivity contribution is 5.87. The SMILES string of the molecule is C=CCN(Cc1ccccc1OC)C(=O)[C@H]1CCCN1C(N)=O. The van der Waals surface area contributed by atoms with E-state index in [4.69, 9.17) is 10.5 Å². The number of likely N-dealkylation sites (tertiary alicyclic amines) is 1. The number of amides is 3. The minimum atomic E-state index is -0.545. The van der Waals surface area contributed by atoms with Crippen molar-refractivity contribution in [1.82, 2.24) is 9.80 Å². The number of hydrogen-bond acceptors (Lipinski definition) is 3. The highest BCUT2D eigenvalue weighted by Gasteiger charge is 2.35. The summed E-state index contributed by atoms with van der Waals surface area (Å²) in [7, 11) is 1.60. The topological polar surface area (TPSA) is 75.9 Å². The van der Waals surface area contributed by atoms with Crippen LogP contribution in [0.2, 0.25) is 0 Å². The molecule has 6 nitrogen and oxygen atoms in total. The summed E-state index contributed by atoms with van der Waals surface area (Å²) in [6.45, 7) is 5.05. The van der Waals surface area contributed by atoms with Gasteiger partial charge in [-0.1, -0.05) is 24.3 Å². The number of para-hydroxylation sites is 1. The lowest BCUT2D eigenvalue weighted by Gasteiger charge is -2.29. The first-order valence-electron chi connectivity index (χ1n) is 7.66. The molecular weight excluding hydrogens is 294 g/mol. The van der Waals surface area contributed by atoms with Gasteiger partial charge < -0.3 is 20.3 Å². The molecule has 1 heterocycles. The zero-order chi connectivity index (χ0) is 16.8. The Labute approximate surface area is 136 Å². The molecule has 0 bridgehead atoms. The summed E-state index contributed by atoms with van der Waals surface area (Å²) in [5, 5.41) is 0. The smallest absolute Gasteiger partial charge is 0.315 e. The standard InChI is InChI=1S/C17H23N3O3/c1-3-10-19(12-13-7-4-5-9-15(13)23-2)16(21)14-8-6-11-20(14)17(18)22/h3-5,7,9,14H,1,6,8,10-12H2,2H3,(H2,18,22)/t14-/m1/s1. The van der Waals surface area contributed by atoms with Gasteiger partial charge in [0.2, 0.25) is 5.91 Å². The van der Waals surface area contributed by atoms with Crippen molar-refractivity contribution in [3.05, 3.63) is 42.5 Å². The summed E-state index contributed by atoms with van der Waals surface area (Å²) in [5.41, 5.74) is 6.29. The molecule has 0 aromatic heterocycles. The monoisotopic (exact) mass is 317 g/mol. The first-order chi connectivity index (χ1) is 11.1. The molecule has 124 valence electrons. The van der Waals surface area contributed by atoms with Crippen LogP contribution in [0.25, 0.3) is 0 Å². The van der Waals surface area contributed by atoms with E-state index in [2.05, 4.69) is 6.58 Å². The van der Waals surface area contributed by atoms with E-state index < -0.39 is 12.1 Å². The second-order valence-electron chi connectivity index (χ2n) is 5.51. The molecule has 0 saturated carbocycles. The van der Waals surface area contributed by atoms with Crippen molar-refractivity contribution in [3.8, 4) is 5.75 Å². The van der Waals surface area contributed by atoms with Crippen molar-refractivity contribution < 1.29 is 14.3 Å². The van der Waals surface area contributed by atoms with Gasteiger partial charge in [0, 0.05) is 25.2 Å². The van der Waals surface area contributed by atoms with Crippen LogP contribution in [-0.2, 0) is 11.3 Å². The minimum absolute atomic E-state index is 0.105. The molecule has 1 saturated heterocycles. The third-order valence-corrected chi connectivity index (χ3v) is 4.04. The van der Waals surface area contributed by atoms with Gasteiger partial charge in [-0.2, -0.15) is 0 Å². The third kappa shape index (κ3) is 3.83. The number of primary amides is 1. The molecule has 3 amide bonds. The van der Waals surface area contributed by atoms with Crippen LogP contribution in [-0.4, -0.2) is 48.0 Å². The molecule has 0 aliphatic carbocycles. The summed E-state index contributed by atoms with van der Waals surface area (Å²) in [6, 6.07) is 6.53. The fourth-order valence-corrected chi connectivity index (χ4v) is 2.93. The maximum absolute atomic E-state index is 12.8. The molecule has 1 aromatic rings. The zero-order valence-electron chi connectivity index (χ0n) is 13.4. The lowest BCUT2D eigenvalue weighted by molar-refractivity contribution is -0.135. The molecule has 1 aromatic carbocycles. The van der Waals surface area contributed by atoms with Gasteiger partial charge in [0.25, 0.3) is 0 Å². The number of hydrogen-bond donors (Lipinski definition) is 1. The molecular formula is C17H23N3O3. The summed E-state index contributed by atoms with van der Waals surface area (Å²) in [5.74, 6) is 0.625. The van der Waals surface area contributed by atoms with Crippen molar-refractivity contribution in [2.45, 2.75) is 25.4 Å². The van der Waals surface area contributed by atoms with E-state index in [0.29, 0.717) is 26.1 Å². The van der Waals surface area contributed by atoms with Crippen LogP contribution < -0.4 is 10.5 Å². The Morgan fingerprint density at radius 3 is 2.87 bits per heavy atom. The van der Waals surface area contributed by atoms with Gasteiger partial charge in [-0.3, -0.25) is 4.79 Å². The van der Waals surface area contributed by atoms with E-state index in [-0.39, 0.29) is 5.91 Å². The van der Waals surface area contributed by atoms with Gasteiger partial charge in [0.1, 0.15) is 11.8 Å². The van der Waals surface area contributed by atoms with E-state index in [1.165, 1.54) is 4.90 Å². The maximum Gasteiger partial charge on any atom is 0.315 e. The average Bonchev–Trinajstić information content (AvgIpc) is 3.04. The Hall–Kier alpha value is -2.50. The zero-order valence-corrected chi connectivity index (χ0v) is 13.4. The predicted octanol–water partition coefficient (Wildman–Crippen LogP) is 1.75. The molecule has 1 aliphatic heterocycles. The molecule has 2 rings (SSSR count). The number of nitrogens with zero attached hydrogens (tertiary/aromatic N) is 2. The van der Waals surface area contributed by atoms with Gasteiger partial charge in [0.05, 0.1) is 7.11 Å². The van der Waals surface area contributed by atoms with Crippen LogP contribution in [0.3, 0.4) is 0 Å². The third-order valence-electron chi connectivity index (χ3n) is 4.04. The van der Waals surface area contributed by atoms with Gasteiger partial charge in [-0.05, 0) is 18.9 Å². The fourth-order valence-electron chi connectivity index (χ4n) is 2.93. The van der Waals surface area contributed by atoms with Crippen LogP contribution in [0.4, 0.5) is 4.79 Å². The summed E-state index contributed by atoms with van der Waals surface area (Å²) >= 11 is 0. The molecule has 0 radical (unpaired) electrons. The van der Waals surface area contributed by atoms with Crippen molar-refractivity contribution in [1.29, 1.82) is 0 Å². The van der Waals surface area contributed by atoms with Crippen molar-refractivity contribution in [2.75, 3.05) is 20.2 Å². The molecule has 2 N–H and O–H groups in total. The number of methoxy groups -OCH3 is 1. The summed E-state index contributed by atoms with van der Waals surface area (Å²) < 4.78 is 5.34. The Kier molecular flexibility index (Phi) is 5.62. The number of nitrogens with two attached hydrogens (primary N) is 1. The number of carbonyl (C=O) groups is 2. The van der Waals surface area contributed by atoms with Gasteiger partial charge >= 0.3 is 6.03 Å². The molecule has 6 heteroatoms. The Morgan fingerprint density at radius 1 is 1.48 bits per heavy atom. The van der Waals surface area contributed by atoms with Crippen LogP contribution in [0.1, 0.15) is 18.4 Å². The van der Waals surface area contributed by atoms with E-state index >= 15 is 0 Å². The van der Waals surface area contributed by atoms with Gasteiger partial charge in [-0.15, -0.1) is 6.58 Å². The second-order valence-corrected chi connectivity index (χ2v) is 5.51. The highest BCUT2D eigenvalue weighted by Crippen LogP contribution is 2.23. The maximum atomic E-state index is 12.8. The Balaban J connectivity index is 2.19. The summed E-state index contributed by atoms with van der Waals surface area (Å²) in [4.78, 5) is 27.5.